The zero-order valence-corrected chi connectivity index (χ0v) is 28.9. The molecule has 242 valence electrons. The van der Waals surface area contributed by atoms with E-state index in [1.165, 1.54) is 98.2 Å². The molecule has 0 saturated heterocycles. The van der Waals surface area contributed by atoms with Gasteiger partial charge in [-0.25, -0.2) is 0 Å². The van der Waals surface area contributed by atoms with Crippen molar-refractivity contribution in [3.8, 4) is 22.5 Å². The van der Waals surface area contributed by atoms with Crippen LogP contribution in [0.1, 0.15) is 22.3 Å². The molecular formula is C49H30N2S. The second-order valence-corrected chi connectivity index (χ2v) is 15.1. The van der Waals surface area contributed by atoms with Gasteiger partial charge < -0.3 is 9.13 Å². The fourth-order valence-electron chi connectivity index (χ4n) is 9.55. The molecule has 0 fully saturated rings. The minimum absolute atomic E-state index is 0.529. The molecule has 1 spiro atoms. The highest BCUT2D eigenvalue weighted by Gasteiger charge is 2.50. The molecule has 12 rings (SSSR count). The molecule has 4 heterocycles. The van der Waals surface area contributed by atoms with E-state index in [4.69, 9.17) is 0 Å². The third kappa shape index (κ3) is 3.51. The topological polar surface area (TPSA) is 9.86 Å². The van der Waals surface area contributed by atoms with E-state index in [9.17, 15) is 0 Å². The van der Waals surface area contributed by atoms with E-state index < -0.39 is 5.41 Å². The lowest BCUT2D eigenvalue weighted by atomic mass is 9.62. The summed E-state index contributed by atoms with van der Waals surface area (Å²) in [4.78, 5) is 2.61. The smallest absolute Gasteiger partial charge is 0.0765 e. The van der Waals surface area contributed by atoms with Crippen molar-refractivity contribution in [1.29, 1.82) is 0 Å². The van der Waals surface area contributed by atoms with Crippen LogP contribution in [0.5, 0.6) is 0 Å². The van der Waals surface area contributed by atoms with E-state index in [1.54, 1.807) is 0 Å². The van der Waals surface area contributed by atoms with Crippen molar-refractivity contribution in [3.63, 3.8) is 0 Å². The largest absolute Gasteiger partial charge is 0.309 e. The number of nitrogens with zero attached hydrogens (tertiary/aromatic N) is 2. The lowest BCUT2D eigenvalue weighted by molar-refractivity contribution is 0.691. The van der Waals surface area contributed by atoms with Crippen LogP contribution < -0.4 is 0 Å². The fourth-order valence-corrected chi connectivity index (χ4v) is 10.9. The van der Waals surface area contributed by atoms with Crippen molar-refractivity contribution in [2.24, 2.45) is 0 Å². The summed E-state index contributed by atoms with van der Waals surface area (Å²) in [7, 11) is 0. The molecule has 2 aliphatic rings. The number of rotatable bonds is 2. The molecule has 52 heavy (non-hydrogen) atoms. The number of benzene rings is 8. The molecule has 10 aromatic rings. The van der Waals surface area contributed by atoms with E-state index in [0.717, 1.165) is 0 Å². The summed E-state index contributed by atoms with van der Waals surface area (Å²) >= 11 is 1.93. The van der Waals surface area contributed by atoms with Crippen LogP contribution in [-0.4, -0.2) is 9.13 Å². The number of para-hydroxylation sites is 4. The molecule has 1 unspecified atom stereocenters. The number of hydrogen-bond donors (Lipinski definition) is 0. The molecule has 2 aromatic heterocycles. The molecule has 3 heteroatoms. The van der Waals surface area contributed by atoms with Crippen molar-refractivity contribution in [2.45, 2.75) is 15.2 Å². The summed E-state index contributed by atoms with van der Waals surface area (Å²) in [5, 5.41) is 5.13. The fraction of sp³-hybridized carbons (Fsp3) is 0.0204. The molecule has 0 bridgehead atoms. The predicted molar refractivity (Wildman–Crippen MR) is 217 cm³/mol. The van der Waals surface area contributed by atoms with Crippen LogP contribution in [0, 0.1) is 0 Å². The van der Waals surface area contributed by atoms with Crippen LogP contribution >= 0.6 is 11.8 Å². The molecule has 0 amide bonds. The van der Waals surface area contributed by atoms with E-state index in [1.807, 2.05) is 11.8 Å². The Kier molecular flexibility index (Phi) is 5.67. The maximum atomic E-state index is 2.52. The standard InChI is InChI=1S/C49H30N2S/c1-2-14-31(15-3-1)32-16-12-17-33(30-32)50-42-24-8-4-19-35(42)37-28-29-41-48(47(37)50)52-45-27-11-7-22-39(45)49(41)38-21-6-10-26-44(38)51-43-25-9-5-18-34(43)36-20-13-23-40(49)46(36)51/h1-30H. The summed E-state index contributed by atoms with van der Waals surface area (Å²) in [6.07, 6.45) is 0. The van der Waals surface area contributed by atoms with Crippen LogP contribution in [0.3, 0.4) is 0 Å². The van der Waals surface area contributed by atoms with E-state index >= 15 is 0 Å². The van der Waals surface area contributed by atoms with Crippen LogP contribution in [-0.2, 0) is 5.41 Å². The predicted octanol–water partition coefficient (Wildman–Crippen LogP) is 12.7. The van der Waals surface area contributed by atoms with Gasteiger partial charge in [0.25, 0.3) is 0 Å². The Hall–Kier alpha value is -6.29. The molecule has 0 saturated carbocycles. The zero-order valence-electron chi connectivity index (χ0n) is 28.1. The first kappa shape index (κ1) is 28.4. The Labute approximate surface area is 305 Å². The Morgan fingerprint density at radius 1 is 0.385 bits per heavy atom. The summed E-state index contributed by atoms with van der Waals surface area (Å²) in [5.74, 6) is 0. The first-order valence-electron chi connectivity index (χ1n) is 17.9. The van der Waals surface area contributed by atoms with Crippen LogP contribution in [0.25, 0.3) is 66.1 Å². The first-order valence-corrected chi connectivity index (χ1v) is 18.8. The summed E-state index contributed by atoms with van der Waals surface area (Å²) in [6.45, 7) is 0. The van der Waals surface area contributed by atoms with Crippen molar-refractivity contribution in [1.82, 2.24) is 9.13 Å². The van der Waals surface area contributed by atoms with Gasteiger partial charge >= 0.3 is 0 Å². The van der Waals surface area contributed by atoms with Gasteiger partial charge in [-0.15, -0.1) is 0 Å². The Balaban J connectivity index is 1.26. The third-order valence-electron chi connectivity index (χ3n) is 11.6. The van der Waals surface area contributed by atoms with Gasteiger partial charge in [0, 0.05) is 37.0 Å². The van der Waals surface area contributed by atoms with Gasteiger partial charge in [0.15, 0.2) is 0 Å². The normalized spacial score (nSPS) is 15.7. The Morgan fingerprint density at radius 3 is 1.85 bits per heavy atom. The molecule has 0 N–H and O–H groups in total. The van der Waals surface area contributed by atoms with Crippen molar-refractivity contribution in [2.75, 3.05) is 0 Å². The lowest BCUT2D eigenvalue weighted by Gasteiger charge is -2.45. The van der Waals surface area contributed by atoms with Gasteiger partial charge in [-0.1, -0.05) is 157 Å². The van der Waals surface area contributed by atoms with Gasteiger partial charge in [0.1, 0.15) is 0 Å². The van der Waals surface area contributed by atoms with Gasteiger partial charge in [-0.05, 0) is 69.8 Å². The molecule has 0 aliphatic carbocycles. The highest BCUT2D eigenvalue weighted by Crippen LogP contribution is 2.62. The minimum atomic E-state index is -0.529. The molecular weight excluding hydrogens is 649 g/mol. The van der Waals surface area contributed by atoms with Gasteiger partial charge in [0.05, 0.1) is 33.2 Å². The van der Waals surface area contributed by atoms with Gasteiger partial charge in [-0.2, -0.15) is 0 Å². The molecule has 2 nitrogen and oxygen atoms in total. The van der Waals surface area contributed by atoms with E-state index in [-0.39, 0.29) is 0 Å². The highest BCUT2D eigenvalue weighted by molar-refractivity contribution is 7.99. The molecule has 2 aliphatic heterocycles. The monoisotopic (exact) mass is 678 g/mol. The number of hydrogen-bond acceptors (Lipinski definition) is 1. The summed E-state index contributed by atoms with van der Waals surface area (Å²) in [5.41, 5.74) is 14.7. The average Bonchev–Trinajstić information content (AvgIpc) is 3.74. The van der Waals surface area contributed by atoms with E-state index in [0.29, 0.717) is 0 Å². The van der Waals surface area contributed by atoms with Crippen LogP contribution in [0.2, 0.25) is 0 Å². The maximum Gasteiger partial charge on any atom is 0.0765 e. The molecule has 1 atom stereocenters. The van der Waals surface area contributed by atoms with Crippen LogP contribution in [0.15, 0.2) is 192 Å². The number of fused-ring (bicyclic) bond motifs is 15. The quantitative estimate of drug-likeness (QED) is 0.177. The molecule has 0 radical (unpaired) electrons. The summed E-state index contributed by atoms with van der Waals surface area (Å²) in [6, 6.07) is 67.7. The SMILES string of the molecule is c1ccc(-c2cccc(-n3c4ccccc4c4ccc5c(c43)Sc3ccccc3C53c4ccccc4-n4c5ccccc5c5cccc3c54)c2)cc1. The van der Waals surface area contributed by atoms with Crippen molar-refractivity contribution in [3.05, 3.63) is 204 Å². The third-order valence-corrected chi connectivity index (χ3v) is 12.7. The zero-order chi connectivity index (χ0) is 34.0. The second-order valence-electron chi connectivity index (χ2n) is 14.0. The molecule has 8 aromatic carbocycles. The van der Waals surface area contributed by atoms with Crippen molar-refractivity contribution >= 4 is 55.4 Å². The summed E-state index contributed by atoms with van der Waals surface area (Å²) < 4.78 is 5.05. The Morgan fingerprint density at radius 2 is 1.00 bits per heavy atom. The minimum Gasteiger partial charge on any atom is -0.309 e. The number of aromatic nitrogens is 2. The second kappa shape index (κ2) is 10.4. The van der Waals surface area contributed by atoms with Gasteiger partial charge in [0.2, 0.25) is 0 Å². The van der Waals surface area contributed by atoms with Crippen molar-refractivity contribution < 1.29 is 0 Å². The maximum absolute atomic E-state index is 2.52. The van der Waals surface area contributed by atoms with Gasteiger partial charge in [-0.3, -0.25) is 0 Å². The average molecular weight is 679 g/mol. The van der Waals surface area contributed by atoms with Crippen LogP contribution in [0.4, 0.5) is 0 Å². The van der Waals surface area contributed by atoms with E-state index in [2.05, 4.69) is 191 Å². The lowest BCUT2D eigenvalue weighted by Crippen LogP contribution is -2.37. The highest BCUT2D eigenvalue weighted by atomic mass is 32.2. The Bertz CT molecular complexity index is 3110. The first-order chi connectivity index (χ1) is 25.8.